The number of carbonyl (C=O) groups is 2. The lowest BCUT2D eigenvalue weighted by molar-refractivity contribution is -0.139. The summed E-state index contributed by atoms with van der Waals surface area (Å²) in [5.41, 5.74) is 2.48. The highest BCUT2D eigenvalue weighted by Crippen LogP contribution is 2.20. The van der Waals surface area contributed by atoms with Crippen molar-refractivity contribution in [2.45, 2.75) is 39.3 Å². The first kappa shape index (κ1) is 23.5. The number of H-pyrrole nitrogens is 1. The number of hydrogen-bond donors (Lipinski definition) is 3. The summed E-state index contributed by atoms with van der Waals surface area (Å²) in [6.45, 7) is 4.37. The number of amides is 1. The molecule has 3 rings (SSSR count). The molecule has 0 unspecified atom stereocenters. The van der Waals surface area contributed by atoms with Gasteiger partial charge in [-0.15, -0.1) is 6.42 Å². The zero-order chi connectivity index (χ0) is 24.0. The van der Waals surface area contributed by atoms with Crippen molar-refractivity contribution in [2.24, 2.45) is 0 Å². The molecular weight excluding hydrogens is 420 g/mol. The van der Waals surface area contributed by atoms with Crippen LogP contribution in [0.15, 0.2) is 47.3 Å². The third kappa shape index (κ3) is 5.77. The minimum absolute atomic E-state index is 0.194. The summed E-state index contributed by atoms with van der Waals surface area (Å²) in [6.07, 6.45) is 6.57. The third-order valence-electron chi connectivity index (χ3n) is 5.22. The van der Waals surface area contributed by atoms with Gasteiger partial charge in [-0.05, 0) is 55.3 Å². The van der Waals surface area contributed by atoms with Gasteiger partial charge in [-0.3, -0.25) is 9.59 Å². The molecule has 1 atom stereocenters. The number of carboxylic acids is 1. The summed E-state index contributed by atoms with van der Waals surface area (Å²) in [6, 6.07) is 11.4. The molecule has 0 saturated carbocycles. The van der Waals surface area contributed by atoms with Crippen LogP contribution in [0.25, 0.3) is 10.9 Å². The molecule has 1 amide bonds. The Morgan fingerprint density at radius 1 is 1.24 bits per heavy atom. The van der Waals surface area contributed by atoms with E-state index in [0.717, 1.165) is 11.3 Å². The van der Waals surface area contributed by atoms with E-state index in [1.54, 1.807) is 37.3 Å². The highest BCUT2D eigenvalue weighted by molar-refractivity contribution is 5.96. The molecule has 8 nitrogen and oxygen atoms in total. The van der Waals surface area contributed by atoms with Crippen LogP contribution >= 0.6 is 0 Å². The van der Waals surface area contributed by atoms with Gasteiger partial charge in [0, 0.05) is 17.8 Å². The smallest absolute Gasteiger partial charge is 0.326 e. The average molecular weight is 447 g/mol. The van der Waals surface area contributed by atoms with Gasteiger partial charge in [-0.25, -0.2) is 9.78 Å². The predicted molar refractivity (Wildman–Crippen MR) is 127 cm³/mol. The average Bonchev–Trinajstić information content (AvgIpc) is 2.78. The predicted octanol–water partition coefficient (Wildman–Crippen LogP) is 2.85. The molecule has 3 N–H and O–H groups in total. The fourth-order valence-electron chi connectivity index (χ4n) is 3.58. The fraction of sp³-hybridized carbons (Fsp3) is 0.280. The summed E-state index contributed by atoms with van der Waals surface area (Å²) < 4.78 is 0. The lowest BCUT2D eigenvalue weighted by Crippen LogP contribution is -2.40. The minimum Gasteiger partial charge on any atom is -0.480 e. The number of aliphatic carboxylic acids is 1. The van der Waals surface area contributed by atoms with Gasteiger partial charge in [0.15, 0.2) is 0 Å². The molecule has 0 bridgehead atoms. The van der Waals surface area contributed by atoms with Crippen LogP contribution in [0.3, 0.4) is 0 Å². The molecule has 2 aromatic carbocycles. The standard InChI is InChI=1S/C25H26N4O4/c1-4-6-22(25(32)33)28-23(30)18-8-10-19(11-9-18)29(13-5-2)15-17-7-12-21-20(14-17)24(31)27-16(3)26-21/h2,7-12,14,22H,4,6,13,15H2,1,3H3,(H,28,30)(H,32,33)(H,26,27,31)/t22-/m0/s1. The Kier molecular flexibility index (Phi) is 7.46. The lowest BCUT2D eigenvalue weighted by atomic mass is 10.1. The van der Waals surface area contributed by atoms with E-state index >= 15 is 0 Å². The first-order chi connectivity index (χ1) is 15.8. The maximum absolute atomic E-state index is 12.5. The topological polar surface area (TPSA) is 115 Å². The Balaban J connectivity index is 1.79. The number of rotatable bonds is 9. The van der Waals surface area contributed by atoms with Gasteiger partial charge < -0.3 is 20.3 Å². The van der Waals surface area contributed by atoms with Crippen molar-refractivity contribution in [1.82, 2.24) is 15.3 Å². The number of anilines is 1. The quantitative estimate of drug-likeness (QED) is 0.436. The van der Waals surface area contributed by atoms with Gasteiger partial charge in [-0.1, -0.05) is 25.3 Å². The molecule has 3 aromatic rings. The Labute approximate surface area is 191 Å². The summed E-state index contributed by atoms with van der Waals surface area (Å²) in [7, 11) is 0. The van der Waals surface area contributed by atoms with Crippen molar-refractivity contribution < 1.29 is 14.7 Å². The first-order valence-electron chi connectivity index (χ1n) is 10.6. The molecule has 170 valence electrons. The monoisotopic (exact) mass is 446 g/mol. The number of nitrogens with one attached hydrogen (secondary N) is 2. The second kappa shape index (κ2) is 10.5. The van der Waals surface area contributed by atoms with Crippen LogP contribution < -0.4 is 15.8 Å². The molecule has 8 heteroatoms. The summed E-state index contributed by atoms with van der Waals surface area (Å²) in [4.78, 5) is 45.0. The van der Waals surface area contributed by atoms with Crippen molar-refractivity contribution in [1.29, 1.82) is 0 Å². The number of aryl methyl sites for hydroxylation is 1. The van der Waals surface area contributed by atoms with Crippen LogP contribution in [0.1, 0.15) is 41.5 Å². The number of aromatic nitrogens is 2. The molecule has 0 saturated heterocycles. The Bertz CT molecular complexity index is 1260. The second-order valence-electron chi connectivity index (χ2n) is 7.76. The zero-order valence-electron chi connectivity index (χ0n) is 18.6. The Morgan fingerprint density at radius 3 is 2.61 bits per heavy atom. The SMILES string of the molecule is C#CCN(Cc1ccc2nc(C)[nH]c(=O)c2c1)c1ccc(C(=O)N[C@@H](CCC)C(=O)O)cc1. The maximum Gasteiger partial charge on any atom is 0.326 e. The number of carbonyl (C=O) groups excluding carboxylic acids is 1. The summed E-state index contributed by atoms with van der Waals surface area (Å²) >= 11 is 0. The highest BCUT2D eigenvalue weighted by Gasteiger charge is 2.19. The van der Waals surface area contributed by atoms with Crippen LogP contribution in [0.4, 0.5) is 5.69 Å². The lowest BCUT2D eigenvalue weighted by Gasteiger charge is -2.23. The third-order valence-corrected chi connectivity index (χ3v) is 5.22. The van der Waals surface area contributed by atoms with Gasteiger partial charge in [-0.2, -0.15) is 0 Å². The molecule has 33 heavy (non-hydrogen) atoms. The molecule has 0 aliphatic rings. The van der Waals surface area contributed by atoms with Gasteiger partial charge in [0.05, 0.1) is 17.4 Å². The van der Waals surface area contributed by atoms with Crippen LogP contribution in [0.5, 0.6) is 0 Å². The van der Waals surface area contributed by atoms with E-state index in [-0.39, 0.29) is 5.56 Å². The Morgan fingerprint density at radius 2 is 1.97 bits per heavy atom. The molecular formula is C25H26N4O4. The van der Waals surface area contributed by atoms with Crippen molar-refractivity contribution in [2.75, 3.05) is 11.4 Å². The number of aromatic amines is 1. The maximum atomic E-state index is 12.5. The van der Waals surface area contributed by atoms with Gasteiger partial charge in [0.2, 0.25) is 0 Å². The molecule has 1 aromatic heterocycles. The van der Waals surface area contributed by atoms with Crippen molar-refractivity contribution in [3.8, 4) is 12.3 Å². The molecule has 0 spiro atoms. The number of fused-ring (bicyclic) bond motifs is 1. The summed E-state index contributed by atoms with van der Waals surface area (Å²) in [5.74, 6) is 1.70. The van der Waals surface area contributed by atoms with Crippen LogP contribution in [0, 0.1) is 19.3 Å². The molecule has 0 radical (unpaired) electrons. The Hall–Kier alpha value is -4.12. The molecule has 0 aliphatic carbocycles. The van der Waals surface area contributed by atoms with Crippen molar-refractivity contribution in [3.63, 3.8) is 0 Å². The van der Waals surface area contributed by atoms with E-state index in [4.69, 9.17) is 6.42 Å². The van der Waals surface area contributed by atoms with Crippen LogP contribution in [-0.4, -0.2) is 39.5 Å². The van der Waals surface area contributed by atoms with Gasteiger partial charge in [0.25, 0.3) is 11.5 Å². The number of nitrogens with zero attached hydrogens (tertiary/aromatic N) is 2. The highest BCUT2D eigenvalue weighted by atomic mass is 16.4. The van der Waals surface area contributed by atoms with Crippen molar-refractivity contribution in [3.05, 3.63) is 69.8 Å². The fourth-order valence-corrected chi connectivity index (χ4v) is 3.58. The van der Waals surface area contributed by atoms with Crippen molar-refractivity contribution >= 4 is 28.5 Å². The first-order valence-corrected chi connectivity index (χ1v) is 10.6. The molecule has 0 fully saturated rings. The number of carboxylic acid groups (broad SMARTS) is 1. The van der Waals surface area contributed by atoms with E-state index in [1.165, 1.54) is 0 Å². The minimum atomic E-state index is -1.05. The number of terminal acetylenes is 1. The second-order valence-corrected chi connectivity index (χ2v) is 7.76. The number of benzene rings is 2. The van der Waals surface area contributed by atoms with E-state index < -0.39 is 17.9 Å². The normalized spacial score (nSPS) is 11.5. The van der Waals surface area contributed by atoms with E-state index in [1.807, 2.05) is 24.0 Å². The van der Waals surface area contributed by atoms with Crippen LogP contribution in [0.2, 0.25) is 0 Å². The molecule has 0 aliphatic heterocycles. The van der Waals surface area contributed by atoms with Crippen LogP contribution in [-0.2, 0) is 11.3 Å². The summed E-state index contributed by atoms with van der Waals surface area (Å²) in [5, 5.41) is 12.3. The molecule has 1 heterocycles. The van der Waals surface area contributed by atoms with Gasteiger partial charge >= 0.3 is 5.97 Å². The van der Waals surface area contributed by atoms with Gasteiger partial charge in [0.1, 0.15) is 11.9 Å². The zero-order valence-corrected chi connectivity index (χ0v) is 18.6. The van der Waals surface area contributed by atoms with E-state index in [2.05, 4.69) is 21.2 Å². The van der Waals surface area contributed by atoms with E-state index in [0.29, 0.717) is 48.2 Å². The number of hydrogen-bond acceptors (Lipinski definition) is 5. The largest absolute Gasteiger partial charge is 0.480 e. The van der Waals surface area contributed by atoms with E-state index in [9.17, 15) is 19.5 Å².